The maximum Gasteiger partial charge on any atom is 0.328 e. The van der Waals surface area contributed by atoms with Crippen molar-refractivity contribution in [3.8, 4) is 5.75 Å². The first-order valence-corrected chi connectivity index (χ1v) is 7.08. The molecule has 0 saturated heterocycles. The van der Waals surface area contributed by atoms with Crippen molar-refractivity contribution in [2.75, 3.05) is 13.7 Å². The Kier molecular flexibility index (Phi) is 7.29. The summed E-state index contributed by atoms with van der Waals surface area (Å²) < 4.78 is 10.2. The third kappa shape index (κ3) is 6.79. The van der Waals surface area contributed by atoms with Crippen molar-refractivity contribution in [3.05, 3.63) is 30.3 Å². The molecule has 1 amide bonds. The minimum atomic E-state index is -0.598. The van der Waals surface area contributed by atoms with Crippen LogP contribution in [0.4, 0.5) is 0 Å². The monoisotopic (exact) mass is 293 g/mol. The largest absolute Gasteiger partial charge is 0.493 e. The van der Waals surface area contributed by atoms with E-state index < -0.39 is 12.0 Å². The summed E-state index contributed by atoms with van der Waals surface area (Å²) in [5.74, 6) is 0.370. The number of para-hydroxylation sites is 1. The lowest BCUT2D eigenvalue weighted by Crippen LogP contribution is -2.42. The lowest BCUT2D eigenvalue weighted by Gasteiger charge is -2.18. The van der Waals surface area contributed by atoms with Crippen LogP contribution in [0.15, 0.2) is 30.3 Å². The van der Waals surface area contributed by atoms with Gasteiger partial charge in [-0.25, -0.2) is 4.79 Å². The first-order valence-electron chi connectivity index (χ1n) is 7.08. The summed E-state index contributed by atoms with van der Waals surface area (Å²) in [5, 5.41) is 2.69. The SMILES string of the molecule is COC(=O)C(CC(C)C)NC(=O)CCOc1ccccc1. The van der Waals surface area contributed by atoms with E-state index in [0.717, 1.165) is 5.75 Å². The van der Waals surface area contributed by atoms with Gasteiger partial charge in [0.1, 0.15) is 11.8 Å². The van der Waals surface area contributed by atoms with Crippen molar-refractivity contribution in [1.82, 2.24) is 5.32 Å². The Bertz CT molecular complexity index is 445. The molecule has 0 aliphatic rings. The van der Waals surface area contributed by atoms with Gasteiger partial charge in [0.15, 0.2) is 0 Å². The van der Waals surface area contributed by atoms with Crippen LogP contribution in [0.2, 0.25) is 0 Å². The zero-order valence-corrected chi connectivity index (χ0v) is 12.8. The molecule has 1 atom stereocenters. The molecule has 0 spiro atoms. The molecular formula is C16H23NO4. The van der Waals surface area contributed by atoms with Gasteiger partial charge >= 0.3 is 5.97 Å². The van der Waals surface area contributed by atoms with Gasteiger partial charge in [0.05, 0.1) is 20.1 Å². The van der Waals surface area contributed by atoms with E-state index in [1.807, 2.05) is 44.2 Å². The van der Waals surface area contributed by atoms with Crippen LogP contribution in [0.3, 0.4) is 0 Å². The van der Waals surface area contributed by atoms with Gasteiger partial charge in [-0.15, -0.1) is 0 Å². The second kappa shape index (κ2) is 9.00. The number of rotatable bonds is 8. The van der Waals surface area contributed by atoms with Crippen LogP contribution in [0.25, 0.3) is 0 Å². The molecule has 0 radical (unpaired) electrons. The van der Waals surface area contributed by atoms with Crippen LogP contribution in [-0.2, 0) is 14.3 Å². The molecule has 0 saturated carbocycles. The van der Waals surface area contributed by atoms with Crippen molar-refractivity contribution in [1.29, 1.82) is 0 Å². The fraction of sp³-hybridized carbons (Fsp3) is 0.500. The van der Waals surface area contributed by atoms with E-state index >= 15 is 0 Å². The van der Waals surface area contributed by atoms with Crippen LogP contribution < -0.4 is 10.1 Å². The highest BCUT2D eigenvalue weighted by Crippen LogP contribution is 2.09. The third-order valence-corrected chi connectivity index (χ3v) is 2.87. The molecular weight excluding hydrogens is 270 g/mol. The molecule has 5 nitrogen and oxygen atoms in total. The van der Waals surface area contributed by atoms with Crippen molar-refractivity contribution in [2.45, 2.75) is 32.7 Å². The van der Waals surface area contributed by atoms with Gasteiger partial charge in [0.25, 0.3) is 0 Å². The van der Waals surface area contributed by atoms with E-state index in [0.29, 0.717) is 6.42 Å². The molecule has 116 valence electrons. The molecule has 0 aromatic heterocycles. The summed E-state index contributed by atoms with van der Waals surface area (Å²) in [4.78, 5) is 23.5. The van der Waals surface area contributed by atoms with Crippen LogP contribution in [0.1, 0.15) is 26.7 Å². The average Bonchev–Trinajstić information content (AvgIpc) is 2.46. The lowest BCUT2D eigenvalue weighted by atomic mass is 10.0. The first kappa shape index (κ1) is 17.0. The Hall–Kier alpha value is -2.04. The average molecular weight is 293 g/mol. The summed E-state index contributed by atoms with van der Waals surface area (Å²) in [7, 11) is 1.32. The number of carbonyl (C=O) groups excluding carboxylic acids is 2. The Morgan fingerprint density at radius 3 is 2.43 bits per heavy atom. The van der Waals surface area contributed by atoms with Crippen LogP contribution >= 0.6 is 0 Å². The maximum absolute atomic E-state index is 11.8. The third-order valence-electron chi connectivity index (χ3n) is 2.87. The van der Waals surface area contributed by atoms with Gasteiger partial charge < -0.3 is 14.8 Å². The van der Waals surface area contributed by atoms with Gasteiger partial charge in [-0.1, -0.05) is 32.0 Å². The number of amides is 1. The van der Waals surface area contributed by atoms with E-state index in [4.69, 9.17) is 9.47 Å². The van der Waals surface area contributed by atoms with E-state index in [1.54, 1.807) is 0 Å². The summed E-state index contributed by atoms with van der Waals surface area (Å²) >= 11 is 0. The molecule has 1 N–H and O–H groups in total. The minimum Gasteiger partial charge on any atom is -0.493 e. The van der Waals surface area contributed by atoms with Crippen molar-refractivity contribution < 1.29 is 19.1 Å². The summed E-state index contributed by atoms with van der Waals surface area (Å²) in [6, 6.07) is 8.68. The number of esters is 1. The van der Waals surface area contributed by atoms with E-state index in [-0.39, 0.29) is 24.9 Å². The Balaban J connectivity index is 2.37. The molecule has 0 heterocycles. The fourth-order valence-corrected chi connectivity index (χ4v) is 1.87. The highest BCUT2D eigenvalue weighted by molar-refractivity contribution is 5.84. The lowest BCUT2D eigenvalue weighted by molar-refractivity contribution is -0.145. The molecule has 1 unspecified atom stereocenters. The maximum atomic E-state index is 11.8. The molecule has 1 aromatic carbocycles. The highest BCUT2D eigenvalue weighted by Gasteiger charge is 2.22. The van der Waals surface area contributed by atoms with E-state index in [9.17, 15) is 9.59 Å². The Labute approximate surface area is 125 Å². The van der Waals surface area contributed by atoms with E-state index in [1.165, 1.54) is 7.11 Å². The number of hydrogen-bond acceptors (Lipinski definition) is 4. The van der Waals surface area contributed by atoms with Crippen LogP contribution in [0, 0.1) is 5.92 Å². The number of carbonyl (C=O) groups is 2. The zero-order valence-electron chi connectivity index (χ0n) is 12.8. The molecule has 1 aromatic rings. The molecule has 21 heavy (non-hydrogen) atoms. The molecule has 0 aliphatic heterocycles. The Morgan fingerprint density at radius 2 is 1.86 bits per heavy atom. The summed E-state index contributed by atoms with van der Waals surface area (Å²) in [6.45, 7) is 4.24. The predicted octanol–water partition coefficient (Wildman–Crippen LogP) is 2.16. The standard InChI is InChI=1S/C16H23NO4/c1-12(2)11-14(16(19)20-3)17-15(18)9-10-21-13-7-5-4-6-8-13/h4-8,12,14H,9-11H2,1-3H3,(H,17,18). The van der Waals surface area contributed by atoms with Gasteiger partial charge in [-0.05, 0) is 24.5 Å². The first-order chi connectivity index (χ1) is 10.0. The number of benzene rings is 1. The second-order valence-electron chi connectivity index (χ2n) is 5.18. The molecule has 1 rings (SSSR count). The summed E-state index contributed by atoms with van der Waals surface area (Å²) in [6.07, 6.45) is 0.748. The van der Waals surface area contributed by atoms with Crippen molar-refractivity contribution in [3.63, 3.8) is 0 Å². The van der Waals surface area contributed by atoms with Gasteiger partial charge in [0, 0.05) is 0 Å². The molecule has 0 fully saturated rings. The predicted molar refractivity (Wildman–Crippen MR) is 80.0 cm³/mol. The number of hydrogen-bond donors (Lipinski definition) is 1. The number of nitrogens with one attached hydrogen (secondary N) is 1. The quantitative estimate of drug-likeness (QED) is 0.746. The van der Waals surface area contributed by atoms with Crippen molar-refractivity contribution >= 4 is 11.9 Å². The minimum absolute atomic E-state index is 0.195. The normalized spacial score (nSPS) is 11.8. The topological polar surface area (TPSA) is 64.6 Å². The van der Waals surface area contributed by atoms with Gasteiger partial charge in [0.2, 0.25) is 5.91 Å². The van der Waals surface area contributed by atoms with E-state index in [2.05, 4.69) is 5.32 Å². The highest BCUT2D eigenvalue weighted by atomic mass is 16.5. The molecule has 0 bridgehead atoms. The second-order valence-corrected chi connectivity index (χ2v) is 5.18. The summed E-state index contributed by atoms with van der Waals surface area (Å²) in [5.41, 5.74) is 0. The molecule has 5 heteroatoms. The number of ether oxygens (including phenoxy) is 2. The van der Waals surface area contributed by atoms with Gasteiger partial charge in [-0.3, -0.25) is 4.79 Å². The number of methoxy groups -OCH3 is 1. The smallest absolute Gasteiger partial charge is 0.328 e. The molecule has 0 aliphatic carbocycles. The zero-order chi connectivity index (χ0) is 15.7. The Morgan fingerprint density at radius 1 is 1.19 bits per heavy atom. The van der Waals surface area contributed by atoms with Crippen LogP contribution in [-0.4, -0.2) is 31.6 Å². The van der Waals surface area contributed by atoms with Gasteiger partial charge in [-0.2, -0.15) is 0 Å². The van der Waals surface area contributed by atoms with Crippen molar-refractivity contribution in [2.24, 2.45) is 5.92 Å². The fourth-order valence-electron chi connectivity index (χ4n) is 1.87. The van der Waals surface area contributed by atoms with Crippen LogP contribution in [0.5, 0.6) is 5.75 Å².